The first-order chi connectivity index (χ1) is 9.13. The molecule has 1 saturated heterocycles. The summed E-state index contributed by atoms with van der Waals surface area (Å²) in [7, 11) is 0. The van der Waals surface area contributed by atoms with Gasteiger partial charge in [-0.15, -0.1) is 0 Å². The van der Waals surface area contributed by atoms with Gasteiger partial charge in [0.2, 0.25) is 0 Å². The molecule has 0 aliphatic carbocycles. The van der Waals surface area contributed by atoms with E-state index in [0.29, 0.717) is 11.6 Å². The quantitative estimate of drug-likeness (QED) is 0.485. The number of nitrogens with one attached hydrogen (secondary N) is 1. The fourth-order valence-corrected chi connectivity index (χ4v) is 2.68. The maximum Gasteiger partial charge on any atom is 0.273 e. The minimum atomic E-state index is -0.385. The molecule has 1 aromatic carbocycles. The topological polar surface area (TPSA) is 84.4 Å². The minimum absolute atomic E-state index is 0.0735. The summed E-state index contributed by atoms with van der Waals surface area (Å²) in [5.41, 5.74) is 4.01. The molecule has 1 aliphatic rings. The van der Waals surface area contributed by atoms with Crippen molar-refractivity contribution in [2.24, 2.45) is 11.8 Å². The van der Waals surface area contributed by atoms with Crippen LogP contribution in [0, 0.1) is 16.0 Å². The zero-order chi connectivity index (χ0) is 13.8. The molecule has 19 heavy (non-hydrogen) atoms. The van der Waals surface area contributed by atoms with Crippen molar-refractivity contribution in [1.82, 2.24) is 0 Å². The van der Waals surface area contributed by atoms with E-state index in [2.05, 4.69) is 17.2 Å². The monoisotopic (exact) mass is 264 g/mol. The van der Waals surface area contributed by atoms with Gasteiger partial charge >= 0.3 is 0 Å². The lowest BCUT2D eigenvalue weighted by molar-refractivity contribution is -0.384. The van der Waals surface area contributed by atoms with Gasteiger partial charge in [-0.25, -0.2) is 0 Å². The van der Waals surface area contributed by atoms with Crippen LogP contribution in [0.25, 0.3) is 0 Å². The highest BCUT2D eigenvalue weighted by Crippen LogP contribution is 2.31. The van der Waals surface area contributed by atoms with Crippen molar-refractivity contribution in [3.8, 4) is 0 Å². The number of nitrogen functional groups attached to an aromatic ring is 1. The predicted molar refractivity (Wildman–Crippen MR) is 76.1 cm³/mol. The van der Waals surface area contributed by atoms with Crippen molar-refractivity contribution in [2.45, 2.75) is 26.2 Å². The first-order valence-corrected chi connectivity index (χ1v) is 6.65. The standard InChI is InChI=1S/C13H20N4O2/c1-2-3-10-4-5-16(9-10)12-6-11(15-14)7-13(8-12)17(18)19/h6-8,10,15H,2-5,9,14H2,1H3. The maximum absolute atomic E-state index is 10.9. The van der Waals surface area contributed by atoms with Crippen molar-refractivity contribution < 1.29 is 4.92 Å². The third-order valence-electron chi connectivity index (χ3n) is 3.63. The summed E-state index contributed by atoms with van der Waals surface area (Å²) in [6.45, 7) is 4.11. The third-order valence-corrected chi connectivity index (χ3v) is 3.63. The SMILES string of the molecule is CCCC1CCN(c2cc(NN)cc([N+](=O)[O-])c2)C1. The van der Waals surface area contributed by atoms with Crippen LogP contribution in [0.3, 0.4) is 0 Å². The fourth-order valence-electron chi connectivity index (χ4n) is 2.68. The molecule has 0 amide bonds. The van der Waals surface area contributed by atoms with Crippen molar-refractivity contribution in [2.75, 3.05) is 23.4 Å². The largest absolute Gasteiger partial charge is 0.371 e. The van der Waals surface area contributed by atoms with Crippen LogP contribution in [0.2, 0.25) is 0 Å². The summed E-state index contributed by atoms with van der Waals surface area (Å²) < 4.78 is 0. The number of rotatable bonds is 5. The molecule has 3 N–H and O–H groups in total. The van der Waals surface area contributed by atoms with Gasteiger partial charge in [0.25, 0.3) is 5.69 Å². The van der Waals surface area contributed by atoms with Crippen molar-refractivity contribution in [1.29, 1.82) is 0 Å². The van der Waals surface area contributed by atoms with Crippen LogP contribution in [-0.4, -0.2) is 18.0 Å². The number of hydrazine groups is 1. The number of anilines is 2. The summed E-state index contributed by atoms with van der Waals surface area (Å²) in [6.07, 6.45) is 3.55. The van der Waals surface area contributed by atoms with Crippen LogP contribution < -0.4 is 16.2 Å². The van der Waals surface area contributed by atoms with E-state index in [1.54, 1.807) is 6.07 Å². The van der Waals surface area contributed by atoms with Gasteiger partial charge in [0.05, 0.1) is 10.6 Å². The molecule has 0 aromatic heterocycles. The summed E-state index contributed by atoms with van der Waals surface area (Å²) in [5, 5.41) is 10.9. The second-order valence-corrected chi connectivity index (χ2v) is 5.03. The molecular formula is C13H20N4O2. The third kappa shape index (κ3) is 3.14. The second-order valence-electron chi connectivity index (χ2n) is 5.03. The van der Waals surface area contributed by atoms with Gasteiger partial charge in [0.1, 0.15) is 0 Å². The van der Waals surface area contributed by atoms with Crippen LogP contribution in [-0.2, 0) is 0 Å². The van der Waals surface area contributed by atoms with Crippen molar-refractivity contribution in [3.63, 3.8) is 0 Å². The van der Waals surface area contributed by atoms with E-state index in [-0.39, 0.29) is 10.6 Å². The Balaban J connectivity index is 2.20. The highest BCUT2D eigenvalue weighted by Gasteiger charge is 2.23. The Morgan fingerprint density at radius 3 is 2.95 bits per heavy atom. The summed E-state index contributed by atoms with van der Waals surface area (Å²) >= 11 is 0. The predicted octanol–water partition coefficient (Wildman–Crippen LogP) is 2.51. The molecule has 104 valence electrons. The molecule has 0 bridgehead atoms. The number of nitro groups is 1. The lowest BCUT2D eigenvalue weighted by Gasteiger charge is -2.19. The van der Waals surface area contributed by atoms with E-state index in [0.717, 1.165) is 25.2 Å². The zero-order valence-corrected chi connectivity index (χ0v) is 11.1. The van der Waals surface area contributed by atoms with Gasteiger partial charge in [0, 0.05) is 30.9 Å². The van der Waals surface area contributed by atoms with E-state index < -0.39 is 0 Å². The first-order valence-electron chi connectivity index (χ1n) is 6.65. The molecule has 1 fully saturated rings. The molecule has 1 aromatic rings. The van der Waals surface area contributed by atoms with E-state index in [9.17, 15) is 10.1 Å². The Kier molecular flexibility index (Phi) is 4.21. The molecule has 1 unspecified atom stereocenters. The molecule has 1 aliphatic heterocycles. The van der Waals surface area contributed by atoms with Gasteiger partial charge in [0.15, 0.2) is 0 Å². The molecule has 1 heterocycles. The average Bonchev–Trinajstić information content (AvgIpc) is 2.87. The minimum Gasteiger partial charge on any atom is -0.371 e. The molecule has 0 spiro atoms. The zero-order valence-electron chi connectivity index (χ0n) is 11.1. The summed E-state index contributed by atoms with van der Waals surface area (Å²) in [5.74, 6) is 6.06. The number of hydrogen-bond donors (Lipinski definition) is 2. The Bertz CT molecular complexity index is 464. The lowest BCUT2D eigenvalue weighted by atomic mass is 10.0. The van der Waals surface area contributed by atoms with Crippen LogP contribution >= 0.6 is 0 Å². The number of non-ortho nitro benzene ring substituents is 1. The summed E-state index contributed by atoms with van der Waals surface area (Å²) in [4.78, 5) is 12.7. The van der Waals surface area contributed by atoms with Crippen LogP contribution in [0.4, 0.5) is 17.1 Å². The van der Waals surface area contributed by atoms with Gasteiger partial charge in [-0.2, -0.15) is 0 Å². The van der Waals surface area contributed by atoms with Crippen molar-refractivity contribution in [3.05, 3.63) is 28.3 Å². The number of nitrogens with zero attached hydrogens (tertiary/aromatic N) is 2. The van der Waals surface area contributed by atoms with Crippen molar-refractivity contribution >= 4 is 17.1 Å². The molecule has 1 atom stereocenters. The average molecular weight is 264 g/mol. The Morgan fingerprint density at radius 1 is 1.53 bits per heavy atom. The van der Waals surface area contributed by atoms with Crippen LogP contribution in [0.5, 0.6) is 0 Å². The fraction of sp³-hybridized carbons (Fsp3) is 0.538. The highest BCUT2D eigenvalue weighted by molar-refractivity contribution is 5.64. The van der Waals surface area contributed by atoms with Gasteiger partial charge < -0.3 is 10.3 Å². The Labute approximate surface area is 112 Å². The number of benzene rings is 1. The van der Waals surface area contributed by atoms with E-state index in [1.165, 1.54) is 18.9 Å². The Morgan fingerprint density at radius 2 is 2.32 bits per heavy atom. The molecule has 2 rings (SSSR count). The summed E-state index contributed by atoms with van der Waals surface area (Å²) in [6, 6.07) is 4.93. The van der Waals surface area contributed by atoms with E-state index in [1.807, 2.05) is 6.07 Å². The Hall–Kier alpha value is -1.82. The molecular weight excluding hydrogens is 244 g/mol. The van der Waals surface area contributed by atoms with Crippen LogP contribution in [0.1, 0.15) is 26.2 Å². The number of hydrogen-bond acceptors (Lipinski definition) is 5. The highest BCUT2D eigenvalue weighted by atomic mass is 16.6. The number of nitrogens with two attached hydrogens (primary N) is 1. The second kappa shape index (κ2) is 5.88. The van der Waals surface area contributed by atoms with Crippen LogP contribution in [0.15, 0.2) is 18.2 Å². The molecule has 0 saturated carbocycles. The van der Waals surface area contributed by atoms with Gasteiger partial charge in [-0.05, 0) is 24.8 Å². The normalized spacial score (nSPS) is 18.6. The van der Waals surface area contributed by atoms with Gasteiger partial charge in [-0.1, -0.05) is 13.3 Å². The van der Waals surface area contributed by atoms with E-state index in [4.69, 9.17) is 5.84 Å². The molecule has 0 radical (unpaired) electrons. The van der Waals surface area contributed by atoms with E-state index >= 15 is 0 Å². The maximum atomic E-state index is 10.9. The molecule has 6 heteroatoms. The first kappa shape index (κ1) is 13.6. The number of nitro benzene ring substituents is 1. The lowest BCUT2D eigenvalue weighted by Crippen LogP contribution is -2.20. The molecule has 6 nitrogen and oxygen atoms in total. The smallest absolute Gasteiger partial charge is 0.273 e. The van der Waals surface area contributed by atoms with Gasteiger partial charge in [-0.3, -0.25) is 16.0 Å².